The second kappa shape index (κ2) is 7.90. The van der Waals surface area contributed by atoms with Crippen LogP contribution >= 0.6 is 0 Å². The monoisotopic (exact) mass is 396 g/mol. The van der Waals surface area contributed by atoms with Gasteiger partial charge in [0.15, 0.2) is 5.65 Å². The molecule has 0 aromatic carbocycles. The molecule has 0 spiro atoms. The molecule has 1 saturated heterocycles. The summed E-state index contributed by atoms with van der Waals surface area (Å²) >= 11 is 0. The van der Waals surface area contributed by atoms with Crippen LogP contribution in [0.25, 0.3) is 5.65 Å². The van der Waals surface area contributed by atoms with Gasteiger partial charge in [-0.25, -0.2) is 14.8 Å². The van der Waals surface area contributed by atoms with Gasteiger partial charge in [-0.05, 0) is 12.1 Å². The van der Waals surface area contributed by atoms with Crippen LogP contribution in [0.3, 0.4) is 0 Å². The smallest absolute Gasteiger partial charge is 0.322 e. The van der Waals surface area contributed by atoms with Crippen LogP contribution < -0.4 is 15.0 Å². The van der Waals surface area contributed by atoms with Crippen molar-refractivity contribution in [1.29, 1.82) is 0 Å². The SMILES string of the molecule is COc1cc(N2CCN(C(=O)Nc3ccc4nnc(C(C)C)n4c3)CC2)ncn1. The number of nitrogens with one attached hydrogen (secondary N) is 1. The van der Waals surface area contributed by atoms with Crippen LogP contribution in [0.15, 0.2) is 30.7 Å². The molecule has 1 aliphatic heterocycles. The summed E-state index contributed by atoms with van der Waals surface area (Å²) in [6.07, 6.45) is 3.35. The van der Waals surface area contributed by atoms with Gasteiger partial charge in [-0.1, -0.05) is 13.8 Å². The minimum atomic E-state index is -0.122. The second-order valence-corrected chi connectivity index (χ2v) is 7.18. The molecule has 0 aliphatic carbocycles. The lowest BCUT2D eigenvalue weighted by Crippen LogP contribution is -2.50. The van der Waals surface area contributed by atoms with Crippen LogP contribution in [0.1, 0.15) is 25.6 Å². The largest absolute Gasteiger partial charge is 0.481 e. The van der Waals surface area contributed by atoms with E-state index in [9.17, 15) is 4.79 Å². The number of fused-ring (bicyclic) bond motifs is 1. The summed E-state index contributed by atoms with van der Waals surface area (Å²) in [6, 6.07) is 5.38. The summed E-state index contributed by atoms with van der Waals surface area (Å²) in [6.45, 7) is 6.71. The topological polar surface area (TPSA) is 101 Å². The van der Waals surface area contributed by atoms with E-state index in [0.29, 0.717) is 37.7 Å². The first kappa shape index (κ1) is 18.9. The third kappa shape index (κ3) is 3.91. The molecule has 0 atom stereocenters. The maximum absolute atomic E-state index is 12.7. The molecular weight excluding hydrogens is 372 g/mol. The zero-order valence-corrected chi connectivity index (χ0v) is 16.7. The van der Waals surface area contributed by atoms with Crippen LogP contribution in [0.2, 0.25) is 0 Å². The number of piperazine rings is 1. The zero-order chi connectivity index (χ0) is 20.4. The molecule has 1 aliphatic rings. The zero-order valence-electron chi connectivity index (χ0n) is 16.7. The average Bonchev–Trinajstić information content (AvgIpc) is 3.17. The summed E-state index contributed by atoms with van der Waals surface area (Å²) in [5, 5.41) is 11.4. The Morgan fingerprint density at radius 2 is 1.93 bits per heavy atom. The molecule has 1 N–H and O–H groups in total. The van der Waals surface area contributed by atoms with E-state index in [1.807, 2.05) is 22.7 Å². The fraction of sp³-hybridized carbons (Fsp3) is 0.421. The molecule has 0 bridgehead atoms. The van der Waals surface area contributed by atoms with Crippen molar-refractivity contribution >= 4 is 23.2 Å². The number of aromatic nitrogens is 5. The van der Waals surface area contributed by atoms with Gasteiger partial charge in [0.1, 0.15) is 18.0 Å². The van der Waals surface area contributed by atoms with E-state index in [-0.39, 0.29) is 11.9 Å². The standard InChI is InChI=1S/C19H24N8O2/c1-13(2)18-24-23-15-5-4-14(11-27(15)18)22-19(28)26-8-6-25(7-9-26)16-10-17(29-3)21-12-20-16/h4-5,10-13H,6-9H2,1-3H3,(H,22,28). The number of pyridine rings is 1. The number of rotatable bonds is 4. The van der Waals surface area contributed by atoms with Crippen molar-refractivity contribution in [1.82, 2.24) is 29.5 Å². The molecule has 0 saturated carbocycles. The van der Waals surface area contributed by atoms with Crippen molar-refractivity contribution in [2.24, 2.45) is 0 Å². The molecule has 10 nitrogen and oxygen atoms in total. The Bertz CT molecular complexity index is 1010. The molecule has 2 amide bonds. The molecule has 0 radical (unpaired) electrons. The first-order valence-corrected chi connectivity index (χ1v) is 9.56. The number of anilines is 2. The van der Waals surface area contributed by atoms with Crippen molar-refractivity contribution in [3.63, 3.8) is 0 Å². The van der Waals surface area contributed by atoms with E-state index >= 15 is 0 Å². The maximum atomic E-state index is 12.7. The normalized spacial score (nSPS) is 14.5. The fourth-order valence-electron chi connectivity index (χ4n) is 3.33. The van der Waals surface area contributed by atoms with Crippen LogP contribution in [0, 0.1) is 0 Å². The van der Waals surface area contributed by atoms with Crippen molar-refractivity contribution < 1.29 is 9.53 Å². The summed E-state index contributed by atoms with van der Waals surface area (Å²) in [5.41, 5.74) is 1.48. The lowest BCUT2D eigenvalue weighted by atomic mass is 10.2. The number of nitrogens with zero attached hydrogens (tertiary/aromatic N) is 7. The summed E-state index contributed by atoms with van der Waals surface area (Å²) in [5.74, 6) is 2.44. The van der Waals surface area contributed by atoms with E-state index in [4.69, 9.17) is 4.74 Å². The highest BCUT2D eigenvalue weighted by Crippen LogP contribution is 2.19. The summed E-state index contributed by atoms with van der Waals surface area (Å²) < 4.78 is 7.07. The fourth-order valence-corrected chi connectivity index (χ4v) is 3.33. The molecule has 0 unspecified atom stereocenters. The number of amides is 2. The van der Waals surface area contributed by atoms with Crippen molar-refractivity contribution in [3.05, 3.63) is 36.5 Å². The molecule has 29 heavy (non-hydrogen) atoms. The maximum Gasteiger partial charge on any atom is 0.322 e. The third-order valence-corrected chi connectivity index (χ3v) is 4.92. The van der Waals surface area contributed by atoms with Gasteiger partial charge in [-0.3, -0.25) is 4.40 Å². The highest BCUT2D eigenvalue weighted by atomic mass is 16.5. The van der Waals surface area contributed by atoms with E-state index < -0.39 is 0 Å². The molecule has 152 valence electrons. The van der Waals surface area contributed by atoms with Crippen LogP contribution in [0.5, 0.6) is 5.88 Å². The van der Waals surface area contributed by atoms with Crippen LogP contribution in [-0.4, -0.2) is 68.8 Å². The van der Waals surface area contributed by atoms with Gasteiger partial charge < -0.3 is 19.9 Å². The highest BCUT2D eigenvalue weighted by molar-refractivity contribution is 5.89. The summed E-state index contributed by atoms with van der Waals surface area (Å²) in [7, 11) is 1.58. The van der Waals surface area contributed by atoms with Crippen molar-refractivity contribution in [2.75, 3.05) is 43.5 Å². The van der Waals surface area contributed by atoms with E-state index in [1.54, 1.807) is 18.1 Å². The average molecular weight is 396 g/mol. The number of hydrogen-bond acceptors (Lipinski definition) is 7. The van der Waals surface area contributed by atoms with Crippen LogP contribution in [0.4, 0.5) is 16.3 Å². The molecule has 3 aromatic heterocycles. The predicted molar refractivity (Wildman–Crippen MR) is 108 cm³/mol. The number of ether oxygens (including phenoxy) is 1. The molecule has 1 fully saturated rings. The summed E-state index contributed by atoms with van der Waals surface area (Å²) in [4.78, 5) is 25.0. The quantitative estimate of drug-likeness (QED) is 0.720. The predicted octanol–water partition coefficient (Wildman–Crippen LogP) is 2.01. The number of urea groups is 1. The second-order valence-electron chi connectivity index (χ2n) is 7.18. The van der Waals surface area contributed by atoms with E-state index in [1.165, 1.54) is 6.33 Å². The highest BCUT2D eigenvalue weighted by Gasteiger charge is 2.22. The van der Waals surface area contributed by atoms with Gasteiger partial charge in [-0.15, -0.1) is 10.2 Å². The van der Waals surface area contributed by atoms with E-state index in [0.717, 1.165) is 17.3 Å². The Balaban J connectivity index is 1.40. The Labute approximate surface area is 168 Å². The molecule has 10 heteroatoms. The van der Waals surface area contributed by atoms with Gasteiger partial charge >= 0.3 is 6.03 Å². The molecule has 3 aromatic rings. The number of carbonyl (C=O) groups is 1. The Kier molecular flexibility index (Phi) is 5.15. The first-order valence-electron chi connectivity index (χ1n) is 9.56. The minimum Gasteiger partial charge on any atom is -0.481 e. The third-order valence-electron chi connectivity index (χ3n) is 4.92. The number of hydrogen-bond donors (Lipinski definition) is 1. The van der Waals surface area contributed by atoms with Crippen molar-refractivity contribution in [3.8, 4) is 5.88 Å². The van der Waals surface area contributed by atoms with Crippen LogP contribution in [-0.2, 0) is 0 Å². The Morgan fingerprint density at radius 1 is 1.14 bits per heavy atom. The molecule has 4 heterocycles. The minimum absolute atomic E-state index is 0.122. The van der Waals surface area contributed by atoms with E-state index in [2.05, 4.69) is 44.2 Å². The molecule has 4 rings (SSSR count). The lowest BCUT2D eigenvalue weighted by Gasteiger charge is -2.35. The van der Waals surface area contributed by atoms with Gasteiger partial charge in [0.05, 0.1) is 12.8 Å². The number of carbonyl (C=O) groups excluding carboxylic acids is 1. The lowest BCUT2D eigenvalue weighted by molar-refractivity contribution is 0.208. The Morgan fingerprint density at radius 3 is 2.66 bits per heavy atom. The molecular formula is C19H24N8O2. The Hall–Kier alpha value is -3.43. The van der Waals surface area contributed by atoms with Gasteiger partial charge in [0.2, 0.25) is 5.88 Å². The van der Waals surface area contributed by atoms with Gasteiger partial charge in [0, 0.05) is 44.4 Å². The number of methoxy groups -OCH3 is 1. The van der Waals surface area contributed by atoms with Gasteiger partial charge in [0.25, 0.3) is 0 Å². The van der Waals surface area contributed by atoms with Crippen molar-refractivity contribution in [2.45, 2.75) is 19.8 Å². The van der Waals surface area contributed by atoms with Gasteiger partial charge in [-0.2, -0.15) is 0 Å². The first-order chi connectivity index (χ1) is 14.0.